The van der Waals surface area contributed by atoms with Crippen molar-refractivity contribution in [3.63, 3.8) is 0 Å². The molecular formula is C8H12N2O3. The highest BCUT2D eigenvalue weighted by molar-refractivity contribution is 6.06. The molecule has 1 aliphatic rings. The number of carboxylic acid groups (broad SMARTS) is 1. The predicted molar refractivity (Wildman–Crippen MR) is 46.2 cm³/mol. The summed E-state index contributed by atoms with van der Waals surface area (Å²) in [7, 11) is 1.58. The molecule has 1 amide bonds. The van der Waals surface area contributed by atoms with E-state index in [4.69, 9.17) is 5.11 Å². The van der Waals surface area contributed by atoms with Gasteiger partial charge in [0.05, 0.1) is 5.92 Å². The van der Waals surface area contributed by atoms with Crippen LogP contribution in [0, 0.1) is 5.92 Å². The first-order valence-electron chi connectivity index (χ1n) is 4.07. The minimum atomic E-state index is -0.879. The first-order chi connectivity index (χ1) is 6.02. The van der Waals surface area contributed by atoms with E-state index in [0.717, 1.165) is 0 Å². The fourth-order valence-electron chi connectivity index (χ4n) is 1.36. The van der Waals surface area contributed by atoms with E-state index < -0.39 is 5.97 Å². The zero-order valence-corrected chi connectivity index (χ0v) is 7.65. The zero-order valence-electron chi connectivity index (χ0n) is 7.65. The maximum atomic E-state index is 11.3. The Bertz CT molecular complexity index is 273. The number of rotatable bonds is 3. The quantitative estimate of drug-likeness (QED) is 0.686. The lowest BCUT2D eigenvalue weighted by atomic mass is 9.99. The van der Waals surface area contributed by atoms with Crippen molar-refractivity contribution < 1.29 is 14.7 Å². The van der Waals surface area contributed by atoms with Gasteiger partial charge in [0.25, 0.3) is 5.91 Å². The minimum Gasteiger partial charge on any atom is -0.481 e. The molecule has 1 rings (SSSR count). The molecule has 0 aliphatic carbocycles. The van der Waals surface area contributed by atoms with Crippen molar-refractivity contribution in [3.05, 3.63) is 0 Å². The number of carbonyl (C=O) groups excluding carboxylic acids is 1. The van der Waals surface area contributed by atoms with E-state index in [1.165, 1.54) is 5.01 Å². The van der Waals surface area contributed by atoms with Crippen LogP contribution in [0.5, 0.6) is 0 Å². The van der Waals surface area contributed by atoms with Crippen LogP contribution in [0.25, 0.3) is 0 Å². The van der Waals surface area contributed by atoms with E-state index in [1.54, 1.807) is 14.0 Å². The van der Waals surface area contributed by atoms with Crippen molar-refractivity contribution in [2.45, 2.75) is 19.8 Å². The highest BCUT2D eigenvalue weighted by Gasteiger charge is 2.30. The third-order valence-electron chi connectivity index (χ3n) is 2.08. The molecule has 0 aromatic carbocycles. The van der Waals surface area contributed by atoms with Crippen LogP contribution in [0.1, 0.15) is 19.8 Å². The Morgan fingerprint density at radius 2 is 2.31 bits per heavy atom. The summed E-state index contributed by atoms with van der Waals surface area (Å²) in [5.74, 6) is -1.32. The zero-order chi connectivity index (χ0) is 10.0. The number of amides is 1. The second-order valence-electron chi connectivity index (χ2n) is 3.09. The summed E-state index contributed by atoms with van der Waals surface area (Å²) in [6, 6.07) is 0. The number of carboxylic acids is 1. The van der Waals surface area contributed by atoms with Crippen LogP contribution in [0.15, 0.2) is 5.10 Å². The Hall–Kier alpha value is -1.39. The van der Waals surface area contributed by atoms with E-state index in [0.29, 0.717) is 12.1 Å². The monoisotopic (exact) mass is 184 g/mol. The molecule has 1 aliphatic heterocycles. The van der Waals surface area contributed by atoms with Crippen LogP contribution < -0.4 is 0 Å². The van der Waals surface area contributed by atoms with Gasteiger partial charge in [0.15, 0.2) is 0 Å². The fourth-order valence-corrected chi connectivity index (χ4v) is 1.36. The van der Waals surface area contributed by atoms with Crippen molar-refractivity contribution >= 4 is 17.6 Å². The first-order valence-corrected chi connectivity index (χ1v) is 4.07. The highest BCUT2D eigenvalue weighted by Crippen LogP contribution is 2.18. The van der Waals surface area contributed by atoms with Gasteiger partial charge in [-0.05, 0) is 13.3 Å². The average molecular weight is 184 g/mol. The van der Waals surface area contributed by atoms with Crippen molar-refractivity contribution in [1.29, 1.82) is 0 Å². The van der Waals surface area contributed by atoms with Gasteiger partial charge in [-0.1, -0.05) is 0 Å². The lowest BCUT2D eigenvalue weighted by Crippen LogP contribution is -2.24. The Balaban J connectivity index is 2.56. The van der Waals surface area contributed by atoms with Crippen LogP contribution in [0.4, 0.5) is 0 Å². The molecule has 1 atom stereocenters. The standard InChI is InChI=1S/C8H12N2O3/c1-5-6(3-4-7(11)12)8(13)10(2)9-5/h6H,3-4H2,1-2H3,(H,11,12)/t6-/m0/s1. The summed E-state index contributed by atoms with van der Waals surface area (Å²) in [6.07, 6.45) is 0.352. The molecule has 1 heterocycles. The molecule has 0 aromatic rings. The van der Waals surface area contributed by atoms with E-state index >= 15 is 0 Å². The maximum Gasteiger partial charge on any atom is 0.303 e. The number of nitrogens with zero attached hydrogens (tertiary/aromatic N) is 2. The van der Waals surface area contributed by atoms with E-state index in [2.05, 4.69) is 5.10 Å². The Labute approximate surface area is 76.0 Å². The van der Waals surface area contributed by atoms with Crippen molar-refractivity contribution in [1.82, 2.24) is 5.01 Å². The smallest absolute Gasteiger partial charge is 0.303 e. The van der Waals surface area contributed by atoms with Crippen LogP contribution in [-0.2, 0) is 9.59 Å². The number of hydrogen-bond donors (Lipinski definition) is 1. The second-order valence-corrected chi connectivity index (χ2v) is 3.09. The predicted octanol–water partition coefficient (Wildman–Crippen LogP) is 0.315. The Morgan fingerprint density at radius 3 is 2.69 bits per heavy atom. The third kappa shape index (κ3) is 2.05. The molecule has 13 heavy (non-hydrogen) atoms. The Morgan fingerprint density at radius 1 is 1.69 bits per heavy atom. The molecule has 0 saturated carbocycles. The lowest BCUT2D eigenvalue weighted by molar-refractivity contribution is -0.137. The molecule has 5 nitrogen and oxygen atoms in total. The summed E-state index contributed by atoms with van der Waals surface area (Å²) in [5.41, 5.74) is 0.703. The van der Waals surface area contributed by atoms with Gasteiger partial charge in [-0.2, -0.15) is 5.10 Å². The second kappa shape index (κ2) is 3.55. The maximum absolute atomic E-state index is 11.3. The van der Waals surface area contributed by atoms with Crippen LogP contribution in [0.2, 0.25) is 0 Å². The molecule has 0 radical (unpaired) electrons. The number of carbonyl (C=O) groups is 2. The normalized spacial score (nSPS) is 22.0. The molecule has 72 valence electrons. The molecule has 0 saturated heterocycles. The average Bonchev–Trinajstić information content (AvgIpc) is 2.24. The van der Waals surface area contributed by atoms with Gasteiger partial charge < -0.3 is 5.11 Å². The summed E-state index contributed by atoms with van der Waals surface area (Å²) in [4.78, 5) is 21.6. The van der Waals surface area contributed by atoms with Crippen molar-refractivity contribution in [2.75, 3.05) is 7.05 Å². The molecule has 0 unspecified atom stereocenters. The van der Waals surface area contributed by atoms with Crippen LogP contribution in [0.3, 0.4) is 0 Å². The highest BCUT2D eigenvalue weighted by atomic mass is 16.4. The minimum absolute atomic E-state index is 0.0110. The van der Waals surface area contributed by atoms with Crippen molar-refractivity contribution in [3.8, 4) is 0 Å². The van der Waals surface area contributed by atoms with E-state index in [1.807, 2.05) is 0 Å². The third-order valence-corrected chi connectivity index (χ3v) is 2.08. The van der Waals surface area contributed by atoms with Gasteiger partial charge >= 0.3 is 5.97 Å². The summed E-state index contributed by atoms with van der Waals surface area (Å²) in [6.45, 7) is 1.74. The lowest BCUT2D eigenvalue weighted by Gasteiger charge is -2.07. The molecule has 0 spiro atoms. The molecule has 0 aromatic heterocycles. The molecule has 0 fully saturated rings. The number of hydrazone groups is 1. The van der Waals surface area contributed by atoms with Gasteiger partial charge in [0, 0.05) is 19.2 Å². The molecule has 1 N–H and O–H groups in total. The van der Waals surface area contributed by atoms with Gasteiger partial charge in [0.1, 0.15) is 0 Å². The summed E-state index contributed by atoms with van der Waals surface area (Å²) < 4.78 is 0. The Kier molecular flexibility index (Phi) is 2.65. The van der Waals surface area contributed by atoms with E-state index in [9.17, 15) is 9.59 Å². The van der Waals surface area contributed by atoms with Gasteiger partial charge in [-0.25, -0.2) is 5.01 Å². The van der Waals surface area contributed by atoms with Gasteiger partial charge in [0.2, 0.25) is 0 Å². The topological polar surface area (TPSA) is 70.0 Å². The van der Waals surface area contributed by atoms with Gasteiger partial charge in [-0.15, -0.1) is 0 Å². The first kappa shape index (κ1) is 9.70. The summed E-state index contributed by atoms with van der Waals surface area (Å²) >= 11 is 0. The number of hydrogen-bond acceptors (Lipinski definition) is 3. The largest absolute Gasteiger partial charge is 0.481 e. The number of aliphatic carboxylic acids is 1. The van der Waals surface area contributed by atoms with Crippen LogP contribution in [-0.4, -0.2) is 34.8 Å². The summed E-state index contributed by atoms with van der Waals surface area (Å²) in [5, 5.41) is 13.7. The molecule has 5 heteroatoms. The van der Waals surface area contributed by atoms with Crippen LogP contribution >= 0.6 is 0 Å². The fraction of sp³-hybridized carbons (Fsp3) is 0.625. The molecule has 0 bridgehead atoms. The molecular weight excluding hydrogens is 172 g/mol. The SMILES string of the molecule is CC1=NN(C)C(=O)[C@H]1CCC(=O)O. The van der Waals surface area contributed by atoms with Gasteiger partial charge in [-0.3, -0.25) is 9.59 Å². The van der Waals surface area contributed by atoms with Crippen molar-refractivity contribution in [2.24, 2.45) is 11.0 Å². The van der Waals surface area contributed by atoms with E-state index in [-0.39, 0.29) is 18.2 Å².